The number of unbranched alkanes of at least 4 members (excludes halogenated alkanes) is 24. The Balaban J connectivity index is 4.17. The molecule has 2 atom stereocenters. The molecular formula is C67H117NO8P+. The topological polar surface area (TPSA) is 108 Å². The maximum Gasteiger partial charge on any atom is 0.472 e. The lowest BCUT2D eigenvalue weighted by Gasteiger charge is -2.24. The minimum Gasteiger partial charge on any atom is -0.462 e. The summed E-state index contributed by atoms with van der Waals surface area (Å²) in [6.45, 7) is 4.32. The molecule has 0 amide bonds. The largest absolute Gasteiger partial charge is 0.472 e. The van der Waals surface area contributed by atoms with E-state index >= 15 is 0 Å². The molecule has 10 heteroatoms. The quantitative estimate of drug-likeness (QED) is 0.0211. The van der Waals surface area contributed by atoms with E-state index in [0.717, 1.165) is 103 Å². The fourth-order valence-corrected chi connectivity index (χ4v) is 9.04. The van der Waals surface area contributed by atoms with Crippen LogP contribution >= 0.6 is 7.82 Å². The first-order chi connectivity index (χ1) is 37.5. The monoisotopic (exact) mass is 1090 g/mol. The van der Waals surface area contributed by atoms with E-state index in [2.05, 4.69) is 123 Å². The highest BCUT2D eigenvalue weighted by atomic mass is 31.2. The maximum atomic E-state index is 12.8. The molecule has 1 N–H and O–H groups in total. The molecule has 9 nitrogen and oxygen atoms in total. The van der Waals surface area contributed by atoms with Crippen LogP contribution in [0.15, 0.2) is 109 Å². The number of ether oxygens (including phenoxy) is 2. The maximum absolute atomic E-state index is 12.8. The average Bonchev–Trinajstić information content (AvgIpc) is 3.39. The van der Waals surface area contributed by atoms with Crippen molar-refractivity contribution in [3.8, 4) is 0 Å². The highest BCUT2D eigenvalue weighted by Gasteiger charge is 2.27. The predicted octanol–water partition coefficient (Wildman–Crippen LogP) is 19.8. The van der Waals surface area contributed by atoms with Crippen molar-refractivity contribution in [3.63, 3.8) is 0 Å². The number of rotatable bonds is 56. The third-order valence-electron chi connectivity index (χ3n) is 13.1. The van der Waals surface area contributed by atoms with Crippen LogP contribution in [0.1, 0.15) is 251 Å². The highest BCUT2D eigenvalue weighted by Crippen LogP contribution is 2.43. The van der Waals surface area contributed by atoms with Crippen LogP contribution < -0.4 is 0 Å². The molecule has 0 aliphatic rings. The summed E-state index contributed by atoms with van der Waals surface area (Å²) in [7, 11) is 1.46. The van der Waals surface area contributed by atoms with Crippen LogP contribution in [0.25, 0.3) is 0 Å². The van der Waals surface area contributed by atoms with Crippen LogP contribution in [0.2, 0.25) is 0 Å². The first kappa shape index (κ1) is 73.7. The van der Waals surface area contributed by atoms with E-state index in [1.807, 2.05) is 21.1 Å². The van der Waals surface area contributed by atoms with Gasteiger partial charge in [-0.3, -0.25) is 18.6 Å². The number of carbonyl (C=O) groups excluding carboxylic acids is 2. The van der Waals surface area contributed by atoms with E-state index in [0.29, 0.717) is 17.4 Å². The second-order valence-electron chi connectivity index (χ2n) is 21.7. The molecule has 442 valence electrons. The van der Waals surface area contributed by atoms with Crippen LogP contribution in [-0.4, -0.2) is 74.9 Å². The highest BCUT2D eigenvalue weighted by molar-refractivity contribution is 7.47. The Morgan fingerprint density at radius 2 is 0.740 bits per heavy atom. The van der Waals surface area contributed by atoms with Gasteiger partial charge in [-0.1, -0.05) is 264 Å². The Labute approximate surface area is 474 Å². The normalized spacial score (nSPS) is 14.0. The zero-order valence-corrected chi connectivity index (χ0v) is 51.1. The van der Waals surface area contributed by atoms with Gasteiger partial charge in [-0.15, -0.1) is 0 Å². The lowest BCUT2D eigenvalue weighted by molar-refractivity contribution is -0.870. The van der Waals surface area contributed by atoms with Crippen molar-refractivity contribution in [1.29, 1.82) is 0 Å². The summed E-state index contributed by atoms with van der Waals surface area (Å²) >= 11 is 0. The van der Waals surface area contributed by atoms with Gasteiger partial charge in [0.2, 0.25) is 0 Å². The lowest BCUT2D eigenvalue weighted by atomic mass is 10.0. The van der Waals surface area contributed by atoms with Crippen LogP contribution in [0.3, 0.4) is 0 Å². The average molecular weight is 1100 g/mol. The number of carbonyl (C=O) groups is 2. The first-order valence-electron chi connectivity index (χ1n) is 31.1. The third-order valence-corrected chi connectivity index (χ3v) is 14.1. The molecule has 0 aliphatic carbocycles. The number of quaternary nitrogens is 1. The molecule has 0 spiro atoms. The van der Waals surface area contributed by atoms with Crippen molar-refractivity contribution >= 4 is 19.8 Å². The van der Waals surface area contributed by atoms with E-state index < -0.39 is 26.5 Å². The van der Waals surface area contributed by atoms with E-state index in [9.17, 15) is 19.0 Å². The molecule has 77 heavy (non-hydrogen) atoms. The standard InChI is InChI=1S/C67H116NO8P/c1-6-8-10-12-14-16-18-20-22-24-26-27-28-29-30-31-32-33-34-35-36-37-38-39-40-41-42-44-46-48-50-52-54-56-58-60-67(70)76-65(64-75-77(71,72)74-62-61-68(3,4)5)63-73-66(69)59-57-55-53-51-49-47-45-43-25-23-21-19-17-15-13-11-9-7-2/h8,10,14,16,20,22,26-27,29-30,32-33,35-36,38-39,41-42,65H,6-7,9,11-13,15,17-19,21,23-25,28,31,34,37,40,43-64H2,1-5H3/p+1/b10-8-,16-14-,22-20-,27-26-,30-29-,33-32-,36-35-,39-38-,42-41-. The van der Waals surface area contributed by atoms with Gasteiger partial charge in [0, 0.05) is 12.8 Å². The number of esters is 2. The first-order valence-corrected chi connectivity index (χ1v) is 32.6. The molecule has 2 unspecified atom stereocenters. The van der Waals surface area contributed by atoms with Crippen LogP contribution in [0, 0.1) is 0 Å². The number of phosphoric acid groups is 1. The summed E-state index contributed by atoms with van der Waals surface area (Å²) in [6, 6.07) is 0. The molecule has 0 saturated carbocycles. The van der Waals surface area contributed by atoms with Crippen molar-refractivity contribution in [2.24, 2.45) is 0 Å². The van der Waals surface area contributed by atoms with Gasteiger partial charge < -0.3 is 18.9 Å². The minimum absolute atomic E-state index is 0.0256. The Bertz CT molecular complexity index is 1670. The van der Waals surface area contributed by atoms with Crippen molar-refractivity contribution < 1.29 is 42.1 Å². The van der Waals surface area contributed by atoms with Crippen LogP contribution in [0.5, 0.6) is 0 Å². The van der Waals surface area contributed by atoms with Gasteiger partial charge >= 0.3 is 19.8 Å². The summed E-state index contributed by atoms with van der Waals surface area (Å²) in [4.78, 5) is 35.7. The Morgan fingerprint density at radius 1 is 0.416 bits per heavy atom. The molecule has 0 bridgehead atoms. The number of hydrogen-bond acceptors (Lipinski definition) is 7. The fourth-order valence-electron chi connectivity index (χ4n) is 8.30. The summed E-state index contributed by atoms with van der Waals surface area (Å²) in [5.74, 6) is -0.808. The van der Waals surface area contributed by atoms with Crippen LogP contribution in [-0.2, 0) is 32.7 Å². The summed E-state index contributed by atoms with van der Waals surface area (Å²) < 4.78 is 34.6. The van der Waals surface area contributed by atoms with Gasteiger partial charge in [-0.2, -0.15) is 0 Å². The van der Waals surface area contributed by atoms with Crippen molar-refractivity contribution in [2.75, 3.05) is 47.5 Å². The molecule has 0 saturated heterocycles. The molecule has 0 fully saturated rings. The molecule has 0 rings (SSSR count). The zero-order valence-electron chi connectivity index (χ0n) is 50.2. The van der Waals surface area contributed by atoms with E-state index in [1.165, 1.54) is 116 Å². The number of hydrogen-bond donors (Lipinski definition) is 1. The molecule has 0 aromatic carbocycles. The molecule has 0 radical (unpaired) electrons. The second-order valence-corrected chi connectivity index (χ2v) is 23.2. The number of nitrogens with zero attached hydrogens (tertiary/aromatic N) is 1. The van der Waals surface area contributed by atoms with E-state index in [4.69, 9.17) is 18.5 Å². The molecular weight excluding hydrogens is 978 g/mol. The second kappa shape index (κ2) is 57.4. The van der Waals surface area contributed by atoms with Gasteiger partial charge in [0.05, 0.1) is 27.7 Å². The Kier molecular flexibility index (Phi) is 54.9. The Morgan fingerprint density at radius 3 is 1.10 bits per heavy atom. The third kappa shape index (κ3) is 61.7. The summed E-state index contributed by atoms with van der Waals surface area (Å²) in [5.41, 5.74) is 0. The van der Waals surface area contributed by atoms with Crippen molar-refractivity contribution in [2.45, 2.75) is 258 Å². The zero-order chi connectivity index (χ0) is 56.3. The van der Waals surface area contributed by atoms with Crippen LogP contribution in [0.4, 0.5) is 0 Å². The van der Waals surface area contributed by atoms with Crippen molar-refractivity contribution in [3.05, 3.63) is 109 Å². The predicted molar refractivity (Wildman–Crippen MR) is 330 cm³/mol. The fraction of sp³-hybridized carbons (Fsp3) is 0.701. The number of likely N-dealkylation sites (N-methyl/N-ethyl adjacent to an activating group) is 1. The molecule has 0 aromatic rings. The number of phosphoric ester groups is 1. The molecule has 0 aliphatic heterocycles. The SMILES string of the molecule is CC/C=C\C/C=C\C/C=C\C/C=C\C/C=C\C/C=C\C/C=C\C/C=C\C/C=C\CCCCCCCCCC(=O)OC(COC(=O)CCCCCCCCCCCCCCCCCCCC)COP(=O)(O)OCC[N+](C)(C)C. The van der Waals surface area contributed by atoms with Gasteiger partial charge in [-0.05, 0) is 83.5 Å². The van der Waals surface area contributed by atoms with Gasteiger partial charge in [0.1, 0.15) is 19.8 Å². The minimum atomic E-state index is -4.40. The van der Waals surface area contributed by atoms with E-state index in [-0.39, 0.29) is 32.0 Å². The van der Waals surface area contributed by atoms with Gasteiger partial charge in [0.15, 0.2) is 6.10 Å². The molecule has 0 heterocycles. The smallest absolute Gasteiger partial charge is 0.462 e. The summed E-state index contributed by atoms with van der Waals surface area (Å²) in [6.07, 6.45) is 80.2. The molecule has 0 aromatic heterocycles. The van der Waals surface area contributed by atoms with E-state index in [1.54, 1.807) is 0 Å². The lowest BCUT2D eigenvalue weighted by Crippen LogP contribution is -2.37. The van der Waals surface area contributed by atoms with Gasteiger partial charge in [0.25, 0.3) is 0 Å². The summed E-state index contributed by atoms with van der Waals surface area (Å²) in [5, 5.41) is 0. The van der Waals surface area contributed by atoms with Gasteiger partial charge in [-0.25, -0.2) is 4.57 Å². The Hall–Kier alpha value is -3.33. The van der Waals surface area contributed by atoms with Crippen molar-refractivity contribution in [1.82, 2.24) is 0 Å². The number of allylic oxidation sites excluding steroid dienone is 18.